The Morgan fingerprint density at radius 2 is 2.26 bits per heavy atom. The molecule has 140 valence electrons. The lowest BCUT2D eigenvalue weighted by Crippen LogP contribution is -2.39. The van der Waals surface area contributed by atoms with E-state index >= 15 is 0 Å². The molecule has 0 bridgehead atoms. The van der Waals surface area contributed by atoms with Gasteiger partial charge in [-0.3, -0.25) is 4.98 Å². The van der Waals surface area contributed by atoms with Crippen molar-refractivity contribution in [1.82, 2.24) is 4.98 Å². The number of anilines is 1. The number of rotatable bonds is 4. The molecule has 1 fully saturated rings. The molecule has 6 heteroatoms. The first kappa shape index (κ1) is 17.9. The molecule has 1 atom stereocenters. The highest BCUT2D eigenvalue weighted by Gasteiger charge is 2.28. The summed E-state index contributed by atoms with van der Waals surface area (Å²) in [5, 5.41) is 3.04. The van der Waals surface area contributed by atoms with Crippen LogP contribution < -0.4 is 4.90 Å². The van der Waals surface area contributed by atoms with E-state index in [0.29, 0.717) is 25.3 Å². The number of fused-ring (bicyclic) bond motifs is 1. The Morgan fingerprint density at radius 3 is 3.04 bits per heavy atom. The summed E-state index contributed by atoms with van der Waals surface area (Å²) in [6.07, 6.45) is 1.65. The third kappa shape index (κ3) is 3.42. The van der Waals surface area contributed by atoms with Crippen LogP contribution in [0.2, 0.25) is 0 Å². The highest BCUT2D eigenvalue weighted by atomic mass is 32.1. The zero-order valence-electron chi connectivity index (χ0n) is 15.5. The molecule has 0 saturated carbocycles. The third-order valence-corrected chi connectivity index (χ3v) is 5.77. The van der Waals surface area contributed by atoms with Crippen LogP contribution in [0.25, 0.3) is 10.9 Å². The lowest BCUT2D eigenvalue weighted by molar-refractivity contribution is 0.0415. The number of para-hydroxylation sites is 1. The molecule has 27 heavy (non-hydrogen) atoms. The molecule has 1 unspecified atom stereocenters. The fraction of sp³-hybridized carbons (Fsp3) is 0.333. The van der Waals surface area contributed by atoms with Crippen LogP contribution >= 0.6 is 11.3 Å². The number of carbonyl (C=O) groups is 1. The first-order chi connectivity index (χ1) is 13.2. The van der Waals surface area contributed by atoms with Crippen molar-refractivity contribution in [2.24, 2.45) is 0 Å². The van der Waals surface area contributed by atoms with E-state index in [1.54, 1.807) is 17.5 Å². The molecule has 0 aliphatic carbocycles. The first-order valence-corrected chi connectivity index (χ1v) is 10.0. The van der Waals surface area contributed by atoms with Crippen LogP contribution in [0.1, 0.15) is 33.8 Å². The summed E-state index contributed by atoms with van der Waals surface area (Å²) >= 11 is 1.70. The van der Waals surface area contributed by atoms with E-state index in [0.717, 1.165) is 28.7 Å². The van der Waals surface area contributed by atoms with Gasteiger partial charge in [-0.15, -0.1) is 11.3 Å². The van der Waals surface area contributed by atoms with Gasteiger partial charge in [0.2, 0.25) is 0 Å². The van der Waals surface area contributed by atoms with E-state index in [9.17, 15) is 4.79 Å². The number of benzene rings is 1. The standard InChI is InChI=1S/C21H22N2O3S/c1-3-25-21(24)16-12-22-19-14(2)6-4-7-15(19)20(16)23-9-10-26-17(13-23)18-8-5-11-27-18/h4-8,11-12,17H,3,9-10,13H2,1-2H3. The van der Waals surface area contributed by atoms with Gasteiger partial charge in [-0.1, -0.05) is 24.3 Å². The molecule has 1 aromatic carbocycles. The Hall–Kier alpha value is -2.44. The Bertz CT molecular complexity index is 955. The number of morpholine rings is 1. The van der Waals surface area contributed by atoms with Crippen molar-refractivity contribution in [3.05, 3.63) is 57.9 Å². The topological polar surface area (TPSA) is 51.7 Å². The average Bonchev–Trinajstić information content (AvgIpc) is 3.22. The Labute approximate surface area is 162 Å². The van der Waals surface area contributed by atoms with Gasteiger partial charge in [-0.25, -0.2) is 4.79 Å². The van der Waals surface area contributed by atoms with Crippen LogP contribution in [0.5, 0.6) is 0 Å². The summed E-state index contributed by atoms with van der Waals surface area (Å²) in [6.45, 7) is 6.22. The Kier molecular flexibility index (Phi) is 5.09. The maximum Gasteiger partial charge on any atom is 0.341 e. The molecule has 0 spiro atoms. The van der Waals surface area contributed by atoms with E-state index < -0.39 is 0 Å². The van der Waals surface area contributed by atoms with Gasteiger partial charge < -0.3 is 14.4 Å². The molecule has 3 heterocycles. The van der Waals surface area contributed by atoms with Gasteiger partial charge >= 0.3 is 5.97 Å². The van der Waals surface area contributed by atoms with Gasteiger partial charge in [0.1, 0.15) is 11.7 Å². The van der Waals surface area contributed by atoms with Crippen molar-refractivity contribution in [1.29, 1.82) is 0 Å². The molecule has 1 aliphatic heterocycles. The molecule has 0 N–H and O–H groups in total. The minimum absolute atomic E-state index is 0.00169. The quantitative estimate of drug-likeness (QED) is 0.628. The second kappa shape index (κ2) is 7.66. The van der Waals surface area contributed by atoms with Gasteiger partial charge in [0.25, 0.3) is 0 Å². The van der Waals surface area contributed by atoms with E-state index in [1.165, 1.54) is 4.88 Å². The van der Waals surface area contributed by atoms with Gasteiger partial charge in [0, 0.05) is 29.5 Å². The third-order valence-electron chi connectivity index (χ3n) is 4.81. The number of hydrogen-bond donors (Lipinski definition) is 0. The smallest absolute Gasteiger partial charge is 0.341 e. The largest absolute Gasteiger partial charge is 0.462 e. The molecule has 0 radical (unpaired) electrons. The van der Waals surface area contributed by atoms with Gasteiger partial charge in [-0.05, 0) is 30.9 Å². The van der Waals surface area contributed by atoms with Crippen LogP contribution in [0.15, 0.2) is 41.9 Å². The van der Waals surface area contributed by atoms with E-state index in [1.807, 2.05) is 38.1 Å². The van der Waals surface area contributed by atoms with Crippen molar-refractivity contribution in [3.63, 3.8) is 0 Å². The number of ether oxygens (including phenoxy) is 2. The highest BCUT2D eigenvalue weighted by Crippen LogP contribution is 2.35. The number of aryl methyl sites for hydroxylation is 1. The fourth-order valence-corrected chi connectivity index (χ4v) is 4.32. The second-order valence-corrected chi connectivity index (χ2v) is 7.51. The van der Waals surface area contributed by atoms with Crippen LogP contribution in [-0.4, -0.2) is 37.3 Å². The molecular weight excluding hydrogens is 360 g/mol. The minimum Gasteiger partial charge on any atom is -0.462 e. The first-order valence-electron chi connectivity index (χ1n) is 9.14. The van der Waals surface area contributed by atoms with Crippen LogP contribution in [0, 0.1) is 6.92 Å². The van der Waals surface area contributed by atoms with E-state index in [4.69, 9.17) is 9.47 Å². The number of aromatic nitrogens is 1. The van der Waals surface area contributed by atoms with Crippen LogP contribution in [-0.2, 0) is 9.47 Å². The predicted octanol–water partition coefficient (Wildman–Crippen LogP) is 4.36. The zero-order valence-corrected chi connectivity index (χ0v) is 16.3. The molecule has 5 nitrogen and oxygen atoms in total. The Balaban J connectivity index is 1.81. The number of carbonyl (C=O) groups excluding carboxylic acids is 1. The van der Waals surface area contributed by atoms with Gasteiger partial charge in [0.05, 0.1) is 24.4 Å². The molecule has 1 saturated heterocycles. The van der Waals surface area contributed by atoms with Crippen molar-refractivity contribution in [2.75, 3.05) is 31.2 Å². The summed E-state index contributed by atoms with van der Waals surface area (Å²) < 4.78 is 11.3. The molecule has 4 rings (SSSR count). The van der Waals surface area contributed by atoms with E-state index in [-0.39, 0.29) is 12.1 Å². The number of thiophene rings is 1. The molecule has 3 aromatic rings. The van der Waals surface area contributed by atoms with Crippen molar-refractivity contribution >= 4 is 33.9 Å². The number of esters is 1. The maximum absolute atomic E-state index is 12.6. The summed E-state index contributed by atoms with van der Waals surface area (Å²) in [4.78, 5) is 20.6. The number of hydrogen-bond acceptors (Lipinski definition) is 6. The molecule has 0 amide bonds. The van der Waals surface area contributed by atoms with Crippen molar-refractivity contribution in [3.8, 4) is 0 Å². The van der Waals surface area contributed by atoms with Crippen LogP contribution in [0.3, 0.4) is 0 Å². The van der Waals surface area contributed by atoms with Gasteiger partial charge in [-0.2, -0.15) is 0 Å². The summed E-state index contributed by atoms with van der Waals surface area (Å²) in [5.74, 6) is -0.331. The molecule has 2 aromatic heterocycles. The normalized spacial score (nSPS) is 17.3. The van der Waals surface area contributed by atoms with Gasteiger partial charge in [0.15, 0.2) is 0 Å². The van der Waals surface area contributed by atoms with Crippen molar-refractivity contribution in [2.45, 2.75) is 20.0 Å². The summed E-state index contributed by atoms with van der Waals surface area (Å²) in [5.41, 5.74) is 3.42. The SMILES string of the molecule is CCOC(=O)c1cnc2c(C)cccc2c1N1CCOC(c2cccs2)C1. The second-order valence-electron chi connectivity index (χ2n) is 6.53. The summed E-state index contributed by atoms with van der Waals surface area (Å²) in [7, 11) is 0. The predicted molar refractivity (Wildman–Crippen MR) is 108 cm³/mol. The monoisotopic (exact) mass is 382 g/mol. The lowest BCUT2D eigenvalue weighted by Gasteiger charge is -2.35. The maximum atomic E-state index is 12.6. The average molecular weight is 382 g/mol. The lowest BCUT2D eigenvalue weighted by atomic mass is 10.0. The number of pyridine rings is 1. The van der Waals surface area contributed by atoms with E-state index in [2.05, 4.69) is 21.3 Å². The molecule has 1 aliphatic rings. The van der Waals surface area contributed by atoms with Crippen molar-refractivity contribution < 1.29 is 14.3 Å². The zero-order chi connectivity index (χ0) is 18.8. The minimum atomic E-state index is -0.331. The fourth-order valence-electron chi connectivity index (χ4n) is 3.55. The number of nitrogens with zero attached hydrogens (tertiary/aromatic N) is 2. The summed E-state index contributed by atoms with van der Waals surface area (Å²) in [6, 6.07) is 10.2. The molecular formula is C21H22N2O3S. The Morgan fingerprint density at radius 1 is 1.37 bits per heavy atom. The van der Waals surface area contributed by atoms with Crippen LogP contribution in [0.4, 0.5) is 5.69 Å². The highest BCUT2D eigenvalue weighted by molar-refractivity contribution is 7.10.